The van der Waals surface area contributed by atoms with Crippen molar-refractivity contribution in [2.45, 2.75) is 11.7 Å². The summed E-state index contributed by atoms with van der Waals surface area (Å²) in [5.74, 6) is 0.166. The molecule has 1 atom stereocenters. The number of likely N-dealkylation sites (tertiary alicyclic amines) is 1. The molecule has 1 amide bonds. The fourth-order valence-electron chi connectivity index (χ4n) is 1.22. The lowest BCUT2D eigenvalue weighted by molar-refractivity contribution is -0.125. The van der Waals surface area contributed by atoms with E-state index in [0.717, 1.165) is 12.2 Å². The Hall–Kier alpha value is -0.700. The molecular weight excluding hydrogens is 170 g/mol. The number of nitrogens with zero attached hydrogens (tertiary/aromatic N) is 1. The summed E-state index contributed by atoms with van der Waals surface area (Å²) in [7, 11) is 0. The van der Waals surface area contributed by atoms with Gasteiger partial charge in [-0.3, -0.25) is 4.79 Å². The quantitative estimate of drug-likeness (QED) is 0.620. The van der Waals surface area contributed by atoms with Crippen molar-refractivity contribution in [3.05, 3.63) is 24.9 Å². The van der Waals surface area contributed by atoms with E-state index in [0.29, 0.717) is 11.7 Å². The van der Waals surface area contributed by atoms with Crippen LogP contribution >= 0.6 is 11.8 Å². The maximum Gasteiger partial charge on any atom is 0.228 e. The first kappa shape index (κ1) is 9.39. The van der Waals surface area contributed by atoms with Gasteiger partial charge in [0.1, 0.15) is 0 Å². The molecule has 12 heavy (non-hydrogen) atoms. The molecule has 0 spiro atoms. The molecule has 1 unspecified atom stereocenters. The average molecular weight is 183 g/mol. The number of thioether (sulfide) groups is 1. The minimum Gasteiger partial charge on any atom is -0.312 e. The summed E-state index contributed by atoms with van der Waals surface area (Å²) in [5.41, 5.74) is 0.719. The normalized spacial score (nSPS) is 22.9. The number of carbonyl (C=O) groups excluding carboxylic acids is 1. The summed E-state index contributed by atoms with van der Waals surface area (Å²) < 4.78 is 0. The van der Waals surface area contributed by atoms with Crippen LogP contribution in [-0.4, -0.2) is 28.9 Å². The zero-order valence-corrected chi connectivity index (χ0v) is 8.06. The Kier molecular flexibility index (Phi) is 2.98. The Balaban J connectivity index is 2.63. The zero-order valence-electron chi connectivity index (χ0n) is 7.25. The van der Waals surface area contributed by atoms with Crippen LogP contribution in [0.3, 0.4) is 0 Å². The second-order valence-electron chi connectivity index (χ2n) is 2.76. The number of hydrogen-bond donors (Lipinski definition) is 0. The third-order valence-corrected chi connectivity index (χ3v) is 2.99. The fourth-order valence-corrected chi connectivity index (χ4v) is 1.83. The highest BCUT2D eigenvalue weighted by Crippen LogP contribution is 2.24. The van der Waals surface area contributed by atoms with Gasteiger partial charge in [-0.1, -0.05) is 13.2 Å². The average Bonchev–Trinajstić information content (AvgIpc) is 2.45. The lowest BCUT2D eigenvalue weighted by atomic mass is 10.4. The SMILES string of the molecule is C=CC(=C)N1CC(SC)CC1=O. The third-order valence-electron chi connectivity index (χ3n) is 2.01. The summed E-state index contributed by atoms with van der Waals surface area (Å²) in [6, 6.07) is 0. The summed E-state index contributed by atoms with van der Waals surface area (Å²) in [5, 5.41) is 0.425. The molecule has 0 bridgehead atoms. The van der Waals surface area contributed by atoms with E-state index in [1.54, 1.807) is 22.7 Å². The summed E-state index contributed by atoms with van der Waals surface area (Å²) >= 11 is 1.73. The van der Waals surface area contributed by atoms with E-state index in [1.165, 1.54) is 0 Å². The Bertz CT molecular complexity index is 225. The minimum atomic E-state index is 0.166. The molecule has 0 aromatic rings. The first-order valence-corrected chi connectivity index (χ1v) is 5.12. The molecule has 1 heterocycles. The first-order valence-electron chi connectivity index (χ1n) is 3.83. The maximum atomic E-state index is 11.3. The number of rotatable bonds is 3. The van der Waals surface area contributed by atoms with Crippen molar-refractivity contribution in [2.75, 3.05) is 12.8 Å². The monoisotopic (exact) mass is 183 g/mol. The van der Waals surface area contributed by atoms with E-state index in [4.69, 9.17) is 0 Å². The van der Waals surface area contributed by atoms with E-state index in [1.807, 2.05) is 6.26 Å². The van der Waals surface area contributed by atoms with Crippen molar-refractivity contribution in [1.29, 1.82) is 0 Å². The van der Waals surface area contributed by atoms with E-state index in [2.05, 4.69) is 13.2 Å². The van der Waals surface area contributed by atoms with Crippen molar-refractivity contribution in [3.63, 3.8) is 0 Å². The molecule has 1 aliphatic rings. The molecule has 0 aliphatic carbocycles. The van der Waals surface area contributed by atoms with Gasteiger partial charge in [0.25, 0.3) is 0 Å². The molecule has 1 saturated heterocycles. The van der Waals surface area contributed by atoms with E-state index in [-0.39, 0.29) is 5.91 Å². The van der Waals surface area contributed by atoms with Crippen LogP contribution in [0.1, 0.15) is 6.42 Å². The topological polar surface area (TPSA) is 20.3 Å². The molecule has 2 nitrogen and oxygen atoms in total. The highest BCUT2D eigenvalue weighted by Gasteiger charge is 2.29. The Morgan fingerprint density at radius 1 is 1.83 bits per heavy atom. The standard InChI is InChI=1S/C9H13NOS/c1-4-7(2)10-6-8(12-3)5-9(10)11/h4,8H,1-2,5-6H2,3H3. The van der Waals surface area contributed by atoms with Crippen LogP contribution in [0.25, 0.3) is 0 Å². The molecule has 0 radical (unpaired) electrons. The van der Waals surface area contributed by atoms with Crippen LogP contribution in [0.2, 0.25) is 0 Å². The van der Waals surface area contributed by atoms with Gasteiger partial charge < -0.3 is 4.90 Å². The predicted octanol–water partition coefficient (Wildman–Crippen LogP) is 1.65. The number of carbonyl (C=O) groups is 1. The highest BCUT2D eigenvalue weighted by molar-refractivity contribution is 7.99. The molecule has 0 aromatic heterocycles. The summed E-state index contributed by atoms with van der Waals surface area (Å²) in [4.78, 5) is 13.1. The van der Waals surface area contributed by atoms with Gasteiger partial charge in [-0.25, -0.2) is 0 Å². The molecular formula is C9H13NOS. The van der Waals surface area contributed by atoms with Crippen LogP contribution in [0.5, 0.6) is 0 Å². The predicted molar refractivity (Wildman–Crippen MR) is 53.0 cm³/mol. The summed E-state index contributed by atoms with van der Waals surface area (Å²) in [6.07, 6.45) is 4.28. The van der Waals surface area contributed by atoms with Gasteiger partial charge in [-0.2, -0.15) is 11.8 Å². The van der Waals surface area contributed by atoms with Crippen molar-refractivity contribution in [3.8, 4) is 0 Å². The minimum absolute atomic E-state index is 0.166. The molecule has 1 aliphatic heterocycles. The van der Waals surface area contributed by atoms with Gasteiger partial charge in [0.15, 0.2) is 0 Å². The van der Waals surface area contributed by atoms with Gasteiger partial charge in [0.05, 0.1) is 0 Å². The van der Waals surface area contributed by atoms with E-state index >= 15 is 0 Å². The summed E-state index contributed by atoms with van der Waals surface area (Å²) in [6.45, 7) is 8.12. The molecule has 3 heteroatoms. The van der Waals surface area contributed by atoms with E-state index < -0.39 is 0 Å². The van der Waals surface area contributed by atoms with Crippen molar-refractivity contribution in [1.82, 2.24) is 4.90 Å². The van der Waals surface area contributed by atoms with Crippen molar-refractivity contribution >= 4 is 17.7 Å². The fraction of sp³-hybridized carbons (Fsp3) is 0.444. The largest absolute Gasteiger partial charge is 0.312 e. The smallest absolute Gasteiger partial charge is 0.228 e. The van der Waals surface area contributed by atoms with E-state index in [9.17, 15) is 4.79 Å². The van der Waals surface area contributed by atoms with Gasteiger partial charge in [0, 0.05) is 23.9 Å². The first-order chi connectivity index (χ1) is 5.69. The van der Waals surface area contributed by atoms with Gasteiger partial charge in [-0.15, -0.1) is 0 Å². The second kappa shape index (κ2) is 3.81. The Morgan fingerprint density at radius 3 is 2.92 bits per heavy atom. The third kappa shape index (κ3) is 1.72. The molecule has 1 rings (SSSR count). The number of allylic oxidation sites excluding steroid dienone is 1. The second-order valence-corrected chi connectivity index (χ2v) is 3.90. The Labute approximate surface area is 77.3 Å². The van der Waals surface area contributed by atoms with Crippen LogP contribution in [0, 0.1) is 0 Å². The van der Waals surface area contributed by atoms with Crippen LogP contribution in [0.4, 0.5) is 0 Å². The van der Waals surface area contributed by atoms with Crippen molar-refractivity contribution in [2.24, 2.45) is 0 Å². The van der Waals surface area contributed by atoms with Crippen molar-refractivity contribution < 1.29 is 4.79 Å². The Morgan fingerprint density at radius 2 is 2.50 bits per heavy atom. The van der Waals surface area contributed by atoms with Crippen LogP contribution in [0.15, 0.2) is 24.9 Å². The van der Waals surface area contributed by atoms with Crippen LogP contribution < -0.4 is 0 Å². The molecule has 0 saturated carbocycles. The van der Waals surface area contributed by atoms with Gasteiger partial charge in [-0.05, 0) is 12.3 Å². The van der Waals surface area contributed by atoms with Gasteiger partial charge in [0.2, 0.25) is 5.91 Å². The molecule has 0 N–H and O–H groups in total. The maximum absolute atomic E-state index is 11.3. The lowest BCUT2D eigenvalue weighted by Crippen LogP contribution is -2.23. The van der Waals surface area contributed by atoms with Gasteiger partial charge >= 0.3 is 0 Å². The highest BCUT2D eigenvalue weighted by atomic mass is 32.2. The molecule has 1 fully saturated rings. The molecule has 66 valence electrons. The number of hydrogen-bond acceptors (Lipinski definition) is 2. The molecule has 0 aromatic carbocycles. The van der Waals surface area contributed by atoms with Crippen LogP contribution in [-0.2, 0) is 4.79 Å². The zero-order chi connectivity index (χ0) is 9.14. The lowest BCUT2D eigenvalue weighted by Gasteiger charge is -2.15. The number of amides is 1.